The van der Waals surface area contributed by atoms with Gasteiger partial charge in [-0.1, -0.05) is 0 Å². The predicted molar refractivity (Wildman–Crippen MR) is 48.1 cm³/mol. The van der Waals surface area contributed by atoms with Gasteiger partial charge in [-0.25, -0.2) is 0 Å². The topological polar surface area (TPSA) is 106 Å². The third-order valence-electron chi connectivity index (χ3n) is 1.94. The van der Waals surface area contributed by atoms with E-state index in [0.29, 0.717) is 0 Å². The van der Waals surface area contributed by atoms with E-state index in [2.05, 4.69) is 0 Å². The quantitative estimate of drug-likeness (QED) is 0.528. The molecule has 2 atom stereocenters. The summed E-state index contributed by atoms with van der Waals surface area (Å²) in [6.07, 6.45) is 0.400. The van der Waals surface area contributed by atoms with Crippen LogP contribution in [-0.2, 0) is 9.59 Å². The third-order valence-corrected chi connectivity index (χ3v) is 1.94. The number of carbonyl (C=O) groups is 2. The van der Waals surface area contributed by atoms with Crippen molar-refractivity contribution >= 4 is 11.9 Å². The van der Waals surface area contributed by atoms with Gasteiger partial charge < -0.3 is 16.6 Å². The van der Waals surface area contributed by atoms with E-state index < -0.39 is 30.5 Å². The van der Waals surface area contributed by atoms with Gasteiger partial charge in [-0.05, 0) is 19.3 Å². The fourth-order valence-corrected chi connectivity index (χ4v) is 1.11. The van der Waals surface area contributed by atoms with Gasteiger partial charge in [0, 0.05) is 5.92 Å². The van der Waals surface area contributed by atoms with Gasteiger partial charge in [-0.15, -0.1) is 0 Å². The normalized spacial score (nSPS) is 14.7. The summed E-state index contributed by atoms with van der Waals surface area (Å²) in [6.45, 7) is -0.550. The van der Waals surface area contributed by atoms with E-state index in [1.54, 1.807) is 0 Å². The van der Waals surface area contributed by atoms with Crippen LogP contribution in [0.15, 0.2) is 0 Å². The summed E-state index contributed by atoms with van der Waals surface area (Å²) in [4.78, 5) is 21.2. The molecule has 0 rings (SSSR count). The van der Waals surface area contributed by atoms with Gasteiger partial charge in [-0.3, -0.25) is 14.0 Å². The predicted octanol–water partition coefficient (Wildman–Crippen LogP) is -0.360. The first-order chi connectivity index (χ1) is 6.49. The summed E-state index contributed by atoms with van der Waals surface area (Å²) in [6, 6.07) is -1.12. The molecule has 5 nitrogen and oxygen atoms in total. The highest BCUT2D eigenvalue weighted by Crippen LogP contribution is 2.12. The van der Waals surface area contributed by atoms with Gasteiger partial charge in [-0.2, -0.15) is 0 Å². The van der Waals surface area contributed by atoms with Crippen molar-refractivity contribution in [3.05, 3.63) is 0 Å². The van der Waals surface area contributed by atoms with E-state index in [4.69, 9.17) is 16.6 Å². The first kappa shape index (κ1) is 12.8. The van der Waals surface area contributed by atoms with Crippen LogP contribution in [0.2, 0.25) is 0 Å². The third kappa shape index (κ3) is 4.76. The number of primary amides is 1. The Morgan fingerprint density at radius 3 is 2.36 bits per heavy atom. The summed E-state index contributed by atoms with van der Waals surface area (Å²) in [5, 5.41) is 8.49. The van der Waals surface area contributed by atoms with Crippen molar-refractivity contribution < 1.29 is 19.1 Å². The van der Waals surface area contributed by atoms with Crippen molar-refractivity contribution in [3.63, 3.8) is 0 Å². The number of hydrogen-bond donors (Lipinski definition) is 3. The van der Waals surface area contributed by atoms with Crippen molar-refractivity contribution in [2.45, 2.75) is 25.3 Å². The molecule has 14 heavy (non-hydrogen) atoms. The lowest BCUT2D eigenvalue weighted by molar-refractivity contribution is -0.139. The number of rotatable bonds is 7. The molecule has 6 heteroatoms. The van der Waals surface area contributed by atoms with Crippen LogP contribution in [0.25, 0.3) is 0 Å². The molecule has 0 fully saturated rings. The van der Waals surface area contributed by atoms with E-state index >= 15 is 0 Å². The molecule has 0 aromatic rings. The minimum Gasteiger partial charge on any atom is -0.480 e. The smallest absolute Gasteiger partial charge is 0.320 e. The van der Waals surface area contributed by atoms with Crippen LogP contribution in [0.4, 0.5) is 4.39 Å². The number of carbonyl (C=O) groups excluding carboxylic acids is 1. The number of amides is 1. The molecule has 0 spiro atoms. The van der Waals surface area contributed by atoms with E-state index in [1.807, 2.05) is 0 Å². The number of alkyl halides is 1. The second-order valence-corrected chi connectivity index (χ2v) is 3.11. The van der Waals surface area contributed by atoms with Crippen LogP contribution in [0.3, 0.4) is 0 Å². The molecule has 2 unspecified atom stereocenters. The summed E-state index contributed by atoms with van der Waals surface area (Å²) in [5.74, 6) is -2.47. The number of carboxylic acids is 1. The zero-order valence-electron chi connectivity index (χ0n) is 7.78. The summed E-state index contributed by atoms with van der Waals surface area (Å²) < 4.78 is 11.8. The molecule has 0 aliphatic heterocycles. The standard InChI is InChI=1S/C8H15FN2O3/c9-3-1-2-5(7(11)12)4-6(10)8(13)14/h5-6H,1-4,10H2,(H2,11,12)(H,13,14). The van der Waals surface area contributed by atoms with Crippen molar-refractivity contribution in [2.24, 2.45) is 17.4 Å². The van der Waals surface area contributed by atoms with Gasteiger partial charge in [0.15, 0.2) is 0 Å². The highest BCUT2D eigenvalue weighted by atomic mass is 19.1. The lowest BCUT2D eigenvalue weighted by Crippen LogP contribution is -2.36. The highest BCUT2D eigenvalue weighted by molar-refractivity contribution is 5.79. The van der Waals surface area contributed by atoms with Crippen molar-refractivity contribution in [1.82, 2.24) is 0 Å². The minimum absolute atomic E-state index is 0.0370. The zero-order chi connectivity index (χ0) is 11.1. The molecule has 0 radical (unpaired) electrons. The van der Waals surface area contributed by atoms with Crippen LogP contribution < -0.4 is 11.5 Å². The second-order valence-electron chi connectivity index (χ2n) is 3.11. The molecule has 5 N–H and O–H groups in total. The number of hydrogen-bond acceptors (Lipinski definition) is 3. The lowest BCUT2D eigenvalue weighted by Gasteiger charge is -2.14. The Bertz CT molecular complexity index is 211. The monoisotopic (exact) mass is 206 g/mol. The van der Waals surface area contributed by atoms with Crippen molar-refractivity contribution in [3.8, 4) is 0 Å². The Hall–Kier alpha value is -1.17. The first-order valence-electron chi connectivity index (χ1n) is 4.32. The van der Waals surface area contributed by atoms with Crippen molar-refractivity contribution in [1.29, 1.82) is 0 Å². The molecule has 82 valence electrons. The maximum Gasteiger partial charge on any atom is 0.320 e. The number of carboxylic acid groups (broad SMARTS) is 1. The summed E-state index contributed by atoms with van der Waals surface area (Å²) in [5.41, 5.74) is 10.2. The number of halogens is 1. The van der Waals surface area contributed by atoms with E-state index in [1.165, 1.54) is 0 Å². The van der Waals surface area contributed by atoms with E-state index in [0.717, 1.165) is 0 Å². The van der Waals surface area contributed by atoms with Crippen molar-refractivity contribution in [2.75, 3.05) is 6.67 Å². The van der Waals surface area contributed by atoms with Gasteiger partial charge in [0.25, 0.3) is 0 Å². The van der Waals surface area contributed by atoms with E-state index in [9.17, 15) is 14.0 Å². The Kier molecular flexibility index (Phi) is 5.78. The van der Waals surface area contributed by atoms with Crippen LogP contribution in [0.1, 0.15) is 19.3 Å². The fraction of sp³-hybridized carbons (Fsp3) is 0.750. The van der Waals surface area contributed by atoms with Gasteiger partial charge in [0.1, 0.15) is 6.04 Å². The molecule has 0 aliphatic carbocycles. The second kappa shape index (κ2) is 6.31. The molecular weight excluding hydrogens is 191 g/mol. The van der Waals surface area contributed by atoms with Crippen LogP contribution in [0.5, 0.6) is 0 Å². The number of aliphatic carboxylic acids is 1. The molecule has 0 aromatic heterocycles. The SMILES string of the molecule is NC(=O)C(CCCF)CC(N)C(=O)O. The van der Waals surface area contributed by atoms with Gasteiger partial charge in [0.05, 0.1) is 6.67 Å². The molecule has 0 aliphatic rings. The summed E-state index contributed by atoms with van der Waals surface area (Å²) >= 11 is 0. The molecule has 0 heterocycles. The first-order valence-corrected chi connectivity index (χ1v) is 4.32. The minimum atomic E-state index is -1.18. The Balaban J connectivity index is 4.08. The van der Waals surface area contributed by atoms with Gasteiger partial charge >= 0.3 is 5.97 Å². The van der Waals surface area contributed by atoms with Gasteiger partial charge in [0.2, 0.25) is 5.91 Å². The Morgan fingerprint density at radius 2 is 2.00 bits per heavy atom. The average molecular weight is 206 g/mol. The van der Waals surface area contributed by atoms with Crippen LogP contribution in [-0.4, -0.2) is 29.7 Å². The highest BCUT2D eigenvalue weighted by Gasteiger charge is 2.22. The average Bonchev–Trinajstić information content (AvgIpc) is 2.10. The lowest BCUT2D eigenvalue weighted by atomic mass is 9.95. The molecule has 0 saturated heterocycles. The maximum absolute atomic E-state index is 11.8. The molecule has 0 bridgehead atoms. The molecule has 1 amide bonds. The maximum atomic E-state index is 11.8. The number of nitrogens with two attached hydrogens (primary N) is 2. The molecular formula is C8H15FN2O3. The molecule has 0 aromatic carbocycles. The van der Waals surface area contributed by atoms with Crippen LogP contribution in [0, 0.1) is 5.92 Å². The Labute approximate surface area is 81.3 Å². The van der Waals surface area contributed by atoms with E-state index in [-0.39, 0.29) is 19.3 Å². The van der Waals surface area contributed by atoms with Crippen LogP contribution >= 0.6 is 0 Å². The fourth-order valence-electron chi connectivity index (χ4n) is 1.11. The largest absolute Gasteiger partial charge is 0.480 e. The summed E-state index contributed by atoms with van der Waals surface area (Å²) in [7, 11) is 0. The molecule has 0 saturated carbocycles. The Morgan fingerprint density at radius 1 is 1.43 bits per heavy atom. The zero-order valence-corrected chi connectivity index (χ0v) is 7.78.